The number of hydrogen-bond donors (Lipinski definition) is 1. The van der Waals surface area contributed by atoms with Crippen molar-refractivity contribution in [3.63, 3.8) is 0 Å². The minimum atomic E-state index is -0.380. The summed E-state index contributed by atoms with van der Waals surface area (Å²) in [6.45, 7) is 4.31. The number of benzene rings is 2. The summed E-state index contributed by atoms with van der Waals surface area (Å²) in [6.07, 6.45) is 0. The predicted molar refractivity (Wildman–Crippen MR) is 99.1 cm³/mol. The zero-order valence-electron chi connectivity index (χ0n) is 15.4. The highest BCUT2D eigenvalue weighted by molar-refractivity contribution is 6.05. The van der Waals surface area contributed by atoms with Gasteiger partial charge in [0, 0.05) is 17.3 Å². The highest BCUT2D eigenvalue weighted by Crippen LogP contribution is 2.23. The van der Waals surface area contributed by atoms with Crippen LogP contribution in [0.3, 0.4) is 0 Å². The van der Waals surface area contributed by atoms with E-state index >= 15 is 0 Å². The molecule has 0 bridgehead atoms. The van der Waals surface area contributed by atoms with E-state index in [1.54, 1.807) is 42.5 Å². The molecule has 0 unspecified atom stereocenters. The largest absolute Gasteiger partial charge is 0.497 e. The zero-order chi connectivity index (χ0) is 19.1. The Morgan fingerprint density at radius 2 is 1.50 bits per heavy atom. The van der Waals surface area contributed by atoms with Gasteiger partial charge in [0.1, 0.15) is 11.5 Å². The first-order chi connectivity index (χ1) is 12.4. The van der Waals surface area contributed by atoms with Gasteiger partial charge in [-0.2, -0.15) is 0 Å². The van der Waals surface area contributed by atoms with Gasteiger partial charge in [-0.15, -0.1) is 0 Å². The van der Waals surface area contributed by atoms with Gasteiger partial charge in [0.2, 0.25) is 0 Å². The van der Waals surface area contributed by atoms with E-state index in [1.165, 1.54) is 14.2 Å². The van der Waals surface area contributed by atoms with Crippen molar-refractivity contribution in [3.8, 4) is 11.5 Å². The van der Waals surface area contributed by atoms with Crippen molar-refractivity contribution in [2.24, 2.45) is 5.92 Å². The van der Waals surface area contributed by atoms with Gasteiger partial charge in [0.25, 0.3) is 5.91 Å². The molecule has 2 rings (SSSR count). The van der Waals surface area contributed by atoms with Crippen LogP contribution in [-0.2, 0) is 4.74 Å². The first-order valence-corrected chi connectivity index (χ1v) is 8.24. The van der Waals surface area contributed by atoms with Gasteiger partial charge < -0.3 is 19.5 Å². The summed E-state index contributed by atoms with van der Waals surface area (Å²) in [5.41, 5.74) is 1.41. The van der Waals surface area contributed by atoms with E-state index in [4.69, 9.17) is 14.2 Å². The molecule has 2 aromatic carbocycles. The number of hydrogen-bond acceptors (Lipinski definition) is 5. The first kappa shape index (κ1) is 19.3. The molecule has 0 saturated carbocycles. The predicted octanol–water partition coefficient (Wildman–Crippen LogP) is 3.77. The van der Waals surface area contributed by atoms with Crippen molar-refractivity contribution in [1.82, 2.24) is 0 Å². The summed E-state index contributed by atoms with van der Waals surface area (Å²) in [4.78, 5) is 24.3. The van der Waals surface area contributed by atoms with Gasteiger partial charge in [0.05, 0.1) is 26.4 Å². The third-order valence-corrected chi connectivity index (χ3v) is 3.54. The number of carbonyl (C=O) groups is 2. The molecule has 0 aliphatic heterocycles. The van der Waals surface area contributed by atoms with Gasteiger partial charge in [0.15, 0.2) is 0 Å². The number of rotatable bonds is 7. The van der Waals surface area contributed by atoms with Crippen LogP contribution in [0.15, 0.2) is 42.5 Å². The van der Waals surface area contributed by atoms with Crippen molar-refractivity contribution in [2.45, 2.75) is 13.8 Å². The summed E-state index contributed by atoms with van der Waals surface area (Å²) in [7, 11) is 3.04. The molecule has 0 heterocycles. The van der Waals surface area contributed by atoms with Gasteiger partial charge in [-0.3, -0.25) is 4.79 Å². The van der Waals surface area contributed by atoms with Crippen LogP contribution in [0, 0.1) is 5.92 Å². The Morgan fingerprint density at radius 3 is 2.00 bits per heavy atom. The molecule has 0 aliphatic rings. The molecular formula is C20H23NO5. The van der Waals surface area contributed by atoms with Crippen molar-refractivity contribution >= 4 is 17.6 Å². The molecule has 0 aromatic heterocycles. The summed E-state index contributed by atoms with van der Waals surface area (Å²) in [5, 5.41) is 2.78. The Kier molecular flexibility index (Phi) is 6.60. The average molecular weight is 357 g/mol. The molecule has 1 amide bonds. The maximum Gasteiger partial charge on any atom is 0.338 e. The molecule has 26 heavy (non-hydrogen) atoms. The lowest BCUT2D eigenvalue weighted by Crippen LogP contribution is -2.13. The quantitative estimate of drug-likeness (QED) is 0.764. The van der Waals surface area contributed by atoms with E-state index in [-0.39, 0.29) is 17.8 Å². The average Bonchev–Trinajstić information content (AvgIpc) is 2.66. The summed E-state index contributed by atoms with van der Waals surface area (Å²) >= 11 is 0. The van der Waals surface area contributed by atoms with Crippen LogP contribution in [-0.4, -0.2) is 32.7 Å². The van der Waals surface area contributed by atoms with E-state index in [0.29, 0.717) is 34.9 Å². The fourth-order valence-electron chi connectivity index (χ4n) is 2.16. The van der Waals surface area contributed by atoms with Gasteiger partial charge >= 0.3 is 5.97 Å². The maximum absolute atomic E-state index is 12.4. The minimum Gasteiger partial charge on any atom is -0.497 e. The van der Waals surface area contributed by atoms with Crippen molar-refractivity contribution in [1.29, 1.82) is 0 Å². The number of anilines is 1. The van der Waals surface area contributed by atoms with Crippen LogP contribution in [0.4, 0.5) is 5.69 Å². The summed E-state index contributed by atoms with van der Waals surface area (Å²) < 4.78 is 15.5. The molecule has 0 atom stereocenters. The Labute approximate surface area is 153 Å². The number of esters is 1. The van der Waals surface area contributed by atoms with Crippen LogP contribution in [0.1, 0.15) is 34.6 Å². The smallest absolute Gasteiger partial charge is 0.338 e. The van der Waals surface area contributed by atoms with Crippen molar-refractivity contribution < 1.29 is 23.8 Å². The molecule has 0 aliphatic carbocycles. The third-order valence-electron chi connectivity index (χ3n) is 3.54. The highest BCUT2D eigenvalue weighted by Gasteiger charge is 2.12. The second-order valence-corrected chi connectivity index (χ2v) is 6.13. The Morgan fingerprint density at radius 1 is 0.923 bits per heavy atom. The van der Waals surface area contributed by atoms with Crippen LogP contribution < -0.4 is 14.8 Å². The minimum absolute atomic E-state index is 0.275. The monoisotopic (exact) mass is 357 g/mol. The maximum atomic E-state index is 12.4. The molecule has 138 valence electrons. The van der Waals surface area contributed by atoms with E-state index in [0.717, 1.165) is 0 Å². The van der Waals surface area contributed by atoms with Gasteiger partial charge in [-0.1, -0.05) is 13.8 Å². The van der Waals surface area contributed by atoms with E-state index in [9.17, 15) is 9.59 Å². The number of carbonyl (C=O) groups excluding carboxylic acids is 2. The lowest BCUT2D eigenvalue weighted by Gasteiger charge is -2.10. The molecule has 2 aromatic rings. The highest BCUT2D eigenvalue weighted by atomic mass is 16.5. The second kappa shape index (κ2) is 8.89. The van der Waals surface area contributed by atoms with Crippen molar-refractivity contribution in [3.05, 3.63) is 53.6 Å². The Balaban J connectivity index is 2.07. The fraction of sp³-hybridized carbons (Fsp3) is 0.300. The van der Waals surface area contributed by atoms with Crippen LogP contribution in [0.2, 0.25) is 0 Å². The number of nitrogens with one attached hydrogen (secondary N) is 1. The fourth-order valence-corrected chi connectivity index (χ4v) is 2.16. The topological polar surface area (TPSA) is 73.9 Å². The molecule has 0 spiro atoms. The van der Waals surface area contributed by atoms with Crippen molar-refractivity contribution in [2.75, 3.05) is 26.1 Å². The second-order valence-electron chi connectivity index (χ2n) is 6.13. The van der Waals surface area contributed by atoms with Gasteiger partial charge in [-0.05, 0) is 42.3 Å². The molecule has 0 radical (unpaired) electrons. The molecule has 0 saturated heterocycles. The SMILES string of the molecule is COc1cc(OC)cc(C(=O)Nc2ccc(C(=O)OCC(C)C)cc2)c1. The molecule has 0 fully saturated rings. The Bertz CT molecular complexity index is 746. The Hall–Kier alpha value is -3.02. The van der Waals surface area contributed by atoms with E-state index < -0.39 is 0 Å². The zero-order valence-corrected chi connectivity index (χ0v) is 15.4. The lowest BCUT2D eigenvalue weighted by molar-refractivity contribution is 0.0459. The number of amides is 1. The summed E-state index contributed by atoms with van der Waals surface area (Å²) in [5.74, 6) is 0.638. The van der Waals surface area contributed by atoms with E-state index in [1.807, 2.05) is 13.8 Å². The molecule has 6 nitrogen and oxygen atoms in total. The molecule has 6 heteroatoms. The van der Waals surface area contributed by atoms with Crippen LogP contribution in [0.25, 0.3) is 0 Å². The third kappa shape index (κ3) is 5.24. The van der Waals surface area contributed by atoms with Crippen LogP contribution in [0.5, 0.6) is 11.5 Å². The normalized spacial score (nSPS) is 10.3. The first-order valence-electron chi connectivity index (χ1n) is 8.24. The number of methoxy groups -OCH3 is 2. The number of ether oxygens (including phenoxy) is 3. The summed E-state index contributed by atoms with van der Waals surface area (Å²) in [6, 6.07) is 11.5. The molecule has 1 N–H and O–H groups in total. The van der Waals surface area contributed by atoms with Crippen LogP contribution >= 0.6 is 0 Å². The van der Waals surface area contributed by atoms with E-state index in [2.05, 4.69) is 5.32 Å². The van der Waals surface area contributed by atoms with Gasteiger partial charge in [-0.25, -0.2) is 4.79 Å². The lowest BCUT2D eigenvalue weighted by atomic mass is 10.1. The molecular weight excluding hydrogens is 334 g/mol. The standard InChI is InChI=1S/C20H23NO5/c1-13(2)12-26-20(23)14-5-7-16(8-6-14)21-19(22)15-9-17(24-3)11-18(10-15)25-4/h5-11,13H,12H2,1-4H3,(H,21,22).